The topological polar surface area (TPSA) is 99.1 Å². The Morgan fingerprint density at radius 1 is 0.441 bits per heavy atom. The summed E-state index contributed by atoms with van der Waals surface area (Å²) >= 11 is 0. The second kappa shape index (κ2) is 49.4. The van der Waals surface area contributed by atoms with Gasteiger partial charge in [0, 0.05) is 19.3 Å². The first-order chi connectivity index (χ1) is 33.1. The Morgan fingerprint density at radius 3 is 1.18 bits per heavy atom. The van der Waals surface area contributed by atoms with Crippen LogP contribution in [-0.2, 0) is 28.6 Å². The van der Waals surface area contributed by atoms with E-state index < -0.39 is 18.1 Å². The first kappa shape index (κ1) is 64.0. The zero-order valence-corrected chi connectivity index (χ0v) is 44.0. The highest BCUT2D eigenvalue weighted by molar-refractivity contribution is 5.72. The molecule has 2 unspecified atom stereocenters. The number of carboxylic acid groups (broad SMARTS) is 1. The van der Waals surface area contributed by atoms with E-state index in [1.807, 2.05) is 21.1 Å². The smallest absolute Gasteiger partial charge is 0.362 e. The van der Waals surface area contributed by atoms with Crippen molar-refractivity contribution >= 4 is 17.9 Å². The minimum absolute atomic E-state index is 0.0406. The Bertz CT molecular complexity index is 1470. The van der Waals surface area contributed by atoms with Gasteiger partial charge in [-0.3, -0.25) is 9.59 Å². The van der Waals surface area contributed by atoms with Gasteiger partial charge >= 0.3 is 17.9 Å². The minimum atomic E-state index is -0.884. The lowest BCUT2D eigenvalue weighted by Gasteiger charge is -2.31. The number of quaternary nitrogens is 1. The van der Waals surface area contributed by atoms with Gasteiger partial charge < -0.3 is 23.8 Å². The van der Waals surface area contributed by atoms with Gasteiger partial charge in [-0.15, -0.1) is 0 Å². The lowest BCUT2D eigenvalue weighted by atomic mass is 10.0. The fraction of sp³-hybridized carbons (Fsp3) is 0.650. The van der Waals surface area contributed by atoms with Crippen molar-refractivity contribution in [3.05, 3.63) is 109 Å². The number of esters is 2. The van der Waals surface area contributed by atoms with Crippen molar-refractivity contribution in [3.8, 4) is 0 Å². The van der Waals surface area contributed by atoms with Gasteiger partial charge in [0.05, 0.1) is 34.4 Å². The molecule has 0 bridgehead atoms. The standard InChI is InChI=1S/C60H99NO7/c1-6-8-10-12-14-16-18-20-22-24-26-28-29-31-33-35-37-39-41-43-45-47-49-51-59(63)68-56(54-66-53-52-57(60(64)65)61(3,4)5)55-67-58(62)50-48-46-44-42-40-38-36-34-32-30-27-25-23-21-19-17-15-13-11-9-7-2/h8-11,14-17,20-23,27,30,34,36,40,42,56-57H,6-7,12-13,18-19,24-26,28-29,31-33,35,37-39,41,43-55H2,1-5H3/p+1/b10-8+,11-9+,16-14+,17-15+,22-20+,23-21+,30-27+,36-34+,42-40+. The van der Waals surface area contributed by atoms with Crippen LogP contribution in [0.25, 0.3) is 0 Å². The second-order valence-electron chi connectivity index (χ2n) is 18.7. The summed E-state index contributed by atoms with van der Waals surface area (Å²) in [6.07, 6.45) is 68.6. The van der Waals surface area contributed by atoms with Crippen LogP contribution < -0.4 is 0 Å². The molecule has 0 aliphatic carbocycles. The molecule has 1 N–H and O–H groups in total. The van der Waals surface area contributed by atoms with Crippen molar-refractivity contribution in [2.75, 3.05) is 41.0 Å². The summed E-state index contributed by atoms with van der Waals surface area (Å²) < 4.78 is 17.3. The third kappa shape index (κ3) is 47.1. The number of aliphatic carboxylic acids is 1. The van der Waals surface area contributed by atoms with Crippen molar-refractivity contribution < 1.29 is 38.2 Å². The average molecular weight is 947 g/mol. The molecule has 0 spiro atoms. The van der Waals surface area contributed by atoms with Crippen LogP contribution in [0.5, 0.6) is 0 Å². The summed E-state index contributed by atoms with van der Waals surface area (Å²) in [6.45, 7) is 4.47. The van der Waals surface area contributed by atoms with E-state index in [0.29, 0.717) is 25.7 Å². The van der Waals surface area contributed by atoms with E-state index in [0.717, 1.165) is 89.9 Å². The number of rotatable bonds is 47. The largest absolute Gasteiger partial charge is 0.477 e. The number of ether oxygens (including phenoxy) is 3. The van der Waals surface area contributed by atoms with Crippen LogP contribution in [0.2, 0.25) is 0 Å². The molecule has 0 aliphatic rings. The first-order valence-electron chi connectivity index (χ1n) is 26.9. The van der Waals surface area contributed by atoms with E-state index in [1.54, 1.807) is 0 Å². The molecule has 0 saturated carbocycles. The molecule has 8 heteroatoms. The molecule has 0 fully saturated rings. The Labute approximate surface area is 417 Å². The minimum Gasteiger partial charge on any atom is -0.477 e. The van der Waals surface area contributed by atoms with Crippen molar-refractivity contribution in [2.45, 2.75) is 212 Å². The molecule has 8 nitrogen and oxygen atoms in total. The molecule has 0 aromatic heterocycles. The molecule has 0 aromatic rings. The maximum atomic E-state index is 12.8. The number of unbranched alkanes of at least 4 members (excludes halogenated alkanes) is 15. The van der Waals surface area contributed by atoms with E-state index in [2.05, 4.69) is 123 Å². The monoisotopic (exact) mass is 947 g/mol. The van der Waals surface area contributed by atoms with Gasteiger partial charge in [0.25, 0.3) is 0 Å². The zero-order valence-electron chi connectivity index (χ0n) is 44.0. The highest BCUT2D eigenvalue weighted by atomic mass is 16.6. The third-order valence-electron chi connectivity index (χ3n) is 11.4. The van der Waals surface area contributed by atoms with E-state index in [-0.39, 0.29) is 36.2 Å². The quantitative estimate of drug-likeness (QED) is 0.0281. The van der Waals surface area contributed by atoms with Crippen LogP contribution in [0.1, 0.15) is 200 Å². The number of hydrogen-bond donors (Lipinski definition) is 1. The summed E-state index contributed by atoms with van der Waals surface area (Å²) in [5.41, 5.74) is 0. The third-order valence-corrected chi connectivity index (χ3v) is 11.4. The van der Waals surface area contributed by atoms with Gasteiger partial charge in [0.2, 0.25) is 0 Å². The van der Waals surface area contributed by atoms with Crippen molar-refractivity contribution in [1.82, 2.24) is 0 Å². The van der Waals surface area contributed by atoms with Gasteiger partial charge in [-0.25, -0.2) is 4.79 Å². The number of hydrogen-bond acceptors (Lipinski definition) is 6. The lowest BCUT2D eigenvalue weighted by molar-refractivity contribution is -0.887. The maximum absolute atomic E-state index is 12.8. The molecule has 2 atom stereocenters. The van der Waals surface area contributed by atoms with E-state index in [4.69, 9.17) is 14.2 Å². The molecule has 386 valence electrons. The van der Waals surface area contributed by atoms with E-state index >= 15 is 0 Å². The predicted molar refractivity (Wildman–Crippen MR) is 289 cm³/mol. The molecular weight excluding hydrogens is 847 g/mol. The molecule has 0 heterocycles. The van der Waals surface area contributed by atoms with Gasteiger partial charge in [-0.05, 0) is 96.3 Å². The van der Waals surface area contributed by atoms with Crippen LogP contribution >= 0.6 is 0 Å². The van der Waals surface area contributed by atoms with Gasteiger partial charge in [0.15, 0.2) is 12.1 Å². The summed E-state index contributed by atoms with van der Waals surface area (Å²) in [5, 5.41) is 9.67. The first-order valence-corrected chi connectivity index (χ1v) is 26.9. The van der Waals surface area contributed by atoms with E-state index in [1.165, 1.54) is 70.6 Å². The molecule has 0 saturated heterocycles. The lowest BCUT2D eigenvalue weighted by Crippen LogP contribution is -2.50. The van der Waals surface area contributed by atoms with E-state index in [9.17, 15) is 19.5 Å². The SMILES string of the molecule is CC/C=C/C/C=C/C/C=C/C/C=C/C/C=C/C/C=C/CCCCC(=O)OCC(COCCC(C(=O)O)[N+](C)(C)C)OC(=O)CCCCCCCCCCCCCCC/C=C/C/C=C/C/C=C/CC. The second-order valence-corrected chi connectivity index (χ2v) is 18.7. The number of carbonyl (C=O) groups is 3. The fourth-order valence-corrected chi connectivity index (χ4v) is 7.34. The van der Waals surface area contributed by atoms with Crippen LogP contribution in [0, 0.1) is 0 Å². The number of carbonyl (C=O) groups excluding carboxylic acids is 2. The van der Waals surface area contributed by atoms with Gasteiger partial charge in [-0.1, -0.05) is 194 Å². The summed E-state index contributed by atoms with van der Waals surface area (Å²) in [7, 11) is 5.52. The number of carboxylic acids is 1. The Morgan fingerprint density at radius 2 is 0.779 bits per heavy atom. The Hall–Kier alpha value is -4.01. The molecule has 0 radical (unpaired) electrons. The number of nitrogens with zero attached hydrogens (tertiary/aromatic N) is 1. The fourth-order valence-electron chi connectivity index (χ4n) is 7.34. The normalized spacial score (nSPS) is 13.7. The van der Waals surface area contributed by atoms with Crippen LogP contribution in [0.3, 0.4) is 0 Å². The van der Waals surface area contributed by atoms with Gasteiger partial charge in [-0.2, -0.15) is 0 Å². The molecule has 0 amide bonds. The van der Waals surface area contributed by atoms with Crippen molar-refractivity contribution in [2.24, 2.45) is 0 Å². The highest BCUT2D eigenvalue weighted by Crippen LogP contribution is 2.15. The number of likely N-dealkylation sites (N-methyl/N-ethyl adjacent to an activating group) is 1. The van der Waals surface area contributed by atoms with Crippen molar-refractivity contribution in [1.29, 1.82) is 0 Å². The molecular formula is C60H100NO7+. The van der Waals surface area contributed by atoms with Crippen LogP contribution in [0.15, 0.2) is 109 Å². The summed E-state index contributed by atoms with van der Waals surface area (Å²) in [6, 6.07) is -0.629. The molecule has 68 heavy (non-hydrogen) atoms. The Kier molecular flexibility index (Phi) is 46.5. The summed E-state index contributed by atoms with van der Waals surface area (Å²) in [4.78, 5) is 37.2. The van der Waals surface area contributed by atoms with Crippen molar-refractivity contribution in [3.63, 3.8) is 0 Å². The molecule has 0 aromatic carbocycles. The molecule has 0 aliphatic heterocycles. The molecule has 0 rings (SSSR count). The average Bonchev–Trinajstić information content (AvgIpc) is 3.30. The highest BCUT2D eigenvalue weighted by Gasteiger charge is 2.31. The zero-order chi connectivity index (χ0) is 49.9. The predicted octanol–water partition coefficient (Wildman–Crippen LogP) is 16.0. The van der Waals surface area contributed by atoms with Crippen LogP contribution in [-0.4, -0.2) is 80.6 Å². The summed E-state index contributed by atoms with van der Waals surface area (Å²) in [5.74, 6) is -1.53. The Balaban J connectivity index is 4.30. The maximum Gasteiger partial charge on any atom is 0.362 e. The van der Waals surface area contributed by atoms with Gasteiger partial charge in [0.1, 0.15) is 6.61 Å². The van der Waals surface area contributed by atoms with Crippen LogP contribution in [0.4, 0.5) is 0 Å². The number of allylic oxidation sites excluding steroid dienone is 18.